The first-order valence-corrected chi connectivity index (χ1v) is 7.63. The van der Waals surface area contributed by atoms with Crippen LogP contribution >= 0.6 is 22.7 Å². The molecule has 0 aromatic carbocycles. The summed E-state index contributed by atoms with van der Waals surface area (Å²) in [5.74, 6) is 0.165. The zero-order valence-electron chi connectivity index (χ0n) is 10.1. The monoisotopic (exact) mass is 285 g/mol. The van der Waals surface area contributed by atoms with Crippen LogP contribution in [0, 0.1) is 0 Å². The van der Waals surface area contributed by atoms with Crippen molar-refractivity contribution in [2.75, 3.05) is 0 Å². The van der Waals surface area contributed by atoms with Crippen LogP contribution in [-0.4, -0.2) is 10.8 Å². The molecule has 0 saturated heterocycles. The lowest BCUT2D eigenvalue weighted by molar-refractivity contribution is 0.0997. The first-order chi connectivity index (χ1) is 9.33. The second kappa shape index (κ2) is 5.47. The van der Waals surface area contributed by atoms with E-state index in [9.17, 15) is 4.79 Å². The molecule has 94 valence electrons. The zero-order valence-corrected chi connectivity index (χ0v) is 11.7. The summed E-state index contributed by atoms with van der Waals surface area (Å²) in [5, 5.41) is 4.15. The van der Waals surface area contributed by atoms with Crippen LogP contribution in [0.25, 0.3) is 10.4 Å². The minimum Gasteiger partial charge on any atom is -0.293 e. The molecule has 4 heteroatoms. The molecule has 0 aliphatic heterocycles. The summed E-state index contributed by atoms with van der Waals surface area (Å²) in [6.45, 7) is 0. The van der Waals surface area contributed by atoms with Crippen LogP contribution in [0.3, 0.4) is 0 Å². The van der Waals surface area contributed by atoms with E-state index in [1.807, 2.05) is 29.6 Å². The maximum Gasteiger partial charge on any atom is 0.177 e. The van der Waals surface area contributed by atoms with Crippen LogP contribution in [0.5, 0.6) is 0 Å². The van der Waals surface area contributed by atoms with E-state index in [-0.39, 0.29) is 5.78 Å². The number of rotatable bonds is 4. The van der Waals surface area contributed by atoms with Crippen LogP contribution in [-0.2, 0) is 6.42 Å². The Labute approximate surface area is 119 Å². The van der Waals surface area contributed by atoms with E-state index in [4.69, 9.17) is 0 Å². The maximum atomic E-state index is 12.2. The quantitative estimate of drug-likeness (QED) is 0.669. The normalized spacial score (nSPS) is 10.5. The summed E-state index contributed by atoms with van der Waals surface area (Å²) >= 11 is 3.23. The van der Waals surface area contributed by atoms with Crippen LogP contribution in [0.2, 0.25) is 0 Å². The number of thiophene rings is 2. The minimum atomic E-state index is 0.165. The second-order valence-corrected chi connectivity index (χ2v) is 6.00. The van der Waals surface area contributed by atoms with Gasteiger partial charge in [-0.15, -0.1) is 11.3 Å². The summed E-state index contributed by atoms with van der Waals surface area (Å²) in [7, 11) is 0. The Hall–Kier alpha value is -1.78. The van der Waals surface area contributed by atoms with Crippen LogP contribution in [0.15, 0.2) is 53.5 Å². The fourth-order valence-corrected chi connectivity index (χ4v) is 3.49. The summed E-state index contributed by atoms with van der Waals surface area (Å²) in [4.78, 5) is 18.1. The molecule has 0 spiro atoms. The Balaban J connectivity index is 1.78. The largest absolute Gasteiger partial charge is 0.293 e. The van der Waals surface area contributed by atoms with Gasteiger partial charge in [0.15, 0.2) is 5.78 Å². The first-order valence-electron chi connectivity index (χ1n) is 5.87. The minimum absolute atomic E-state index is 0.165. The van der Waals surface area contributed by atoms with Gasteiger partial charge in [0.25, 0.3) is 0 Å². The predicted molar refractivity (Wildman–Crippen MR) is 79.9 cm³/mol. The number of pyridine rings is 1. The van der Waals surface area contributed by atoms with Crippen molar-refractivity contribution in [1.29, 1.82) is 0 Å². The number of Topliss-reactive ketones (excluding diaryl/α,β-unsaturated/α-hetero) is 1. The van der Waals surface area contributed by atoms with Gasteiger partial charge in [-0.1, -0.05) is 0 Å². The zero-order chi connectivity index (χ0) is 13.1. The van der Waals surface area contributed by atoms with Crippen molar-refractivity contribution in [2.24, 2.45) is 0 Å². The lowest BCUT2D eigenvalue weighted by atomic mass is 10.1. The molecule has 0 bridgehead atoms. The highest BCUT2D eigenvalue weighted by atomic mass is 32.1. The highest BCUT2D eigenvalue weighted by Gasteiger charge is 2.11. The molecule has 3 aromatic heterocycles. The van der Waals surface area contributed by atoms with Crippen molar-refractivity contribution in [3.8, 4) is 10.4 Å². The number of hydrogen-bond acceptors (Lipinski definition) is 4. The first kappa shape index (κ1) is 12.3. The molecule has 3 rings (SSSR count). The van der Waals surface area contributed by atoms with Gasteiger partial charge in [-0.25, -0.2) is 0 Å². The average molecular weight is 285 g/mol. The summed E-state index contributed by atoms with van der Waals surface area (Å²) in [6.07, 6.45) is 3.87. The van der Waals surface area contributed by atoms with Gasteiger partial charge in [-0.2, -0.15) is 11.3 Å². The highest BCUT2D eigenvalue weighted by Crippen LogP contribution is 2.30. The lowest BCUT2D eigenvalue weighted by Gasteiger charge is -1.97. The molecule has 0 unspecified atom stereocenters. The molecule has 0 fully saturated rings. The van der Waals surface area contributed by atoms with Gasteiger partial charge in [0, 0.05) is 29.3 Å². The Morgan fingerprint density at radius 2 is 1.95 bits per heavy atom. The third-order valence-electron chi connectivity index (χ3n) is 2.80. The van der Waals surface area contributed by atoms with Crippen molar-refractivity contribution in [3.05, 3.63) is 63.9 Å². The molecular weight excluding hydrogens is 274 g/mol. The van der Waals surface area contributed by atoms with Crippen LogP contribution < -0.4 is 0 Å². The Morgan fingerprint density at radius 3 is 2.68 bits per heavy atom. The van der Waals surface area contributed by atoms with Crippen molar-refractivity contribution in [1.82, 2.24) is 4.98 Å². The molecule has 0 radical (unpaired) electrons. The van der Waals surface area contributed by atoms with Gasteiger partial charge in [-0.3, -0.25) is 9.78 Å². The van der Waals surface area contributed by atoms with Gasteiger partial charge in [-0.05, 0) is 46.7 Å². The molecule has 2 nitrogen and oxygen atoms in total. The van der Waals surface area contributed by atoms with Crippen molar-refractivity contribution in [3.63, 3.8) is 0 Å². The van der Waals surface area contributed by atoms with E-state index in [1.54, 1.807) is 35.1 Å². The van der Waals surface area contributed by atoms with E-state index >= 15 is 0 Å². The molecule has 0 amide bonds. The van der Waals surface area contributed by atoms with E-state index in [0.29, 0.717) is 6.42 Å². The SMILES string of the molecule is O=C(Cc1ccncc1)c1ccc(-c2ccsc2)s1. The molecular formula is C15H11NOS2. The number of ketones is 1. The number of aromatic nitrogens is 1. The smallest absolute Gasteiger partial charge is 0.177 e. The lowest BCUT2D eigenvalue weighted by Crippen LogP contribution is -2.00. The fraction of sp³-hybridized carbons (Fsp3) is 0.0667. The third kappa shape index (κ3) is 2.80. The van der Waals surface area contributed by atoms with Crippen molar-refractivity contribution < 1.29 is 4.79 Å². The van der Waals surface area contributed by atoms with Crippen LogP contribution in [0.4, 0.5) is 0 Å². The summed E-state index contributed by atoms with van der Waals surface area (Å²) < 4.78 is 0. The molecule has 0 aliphatic carbocycles. The third-order valence-corrected chi connectivity index (χ3v) is 4.66. The van der Waals surface area contributed by atoms with E-state index in [0.717, 1.165) is 15.3 Å². The molecule has 0 N–H and O–H groups in total. The predicted octanol–water partition coefficient (Wildman–Crippen LogP) is 4.30. The van der Waals surface area contributed by atoms with Gasteiger partial charge in [0.05, 0.1) is 4.88 Å². The Kier molecular flexibility index (Phi) is 3.53. The fourth-order valence-electron chi connectivity index (χ4n) is 1.82. The van der Waals surface area contributed by atoms with Gasteiger partial charge >= 0.3 is 0 Å². The number of carbonyl (C=O) groups is 1. The molecule has 0 aliphatic rings. The Morgan fingerprint density at radius 1 is 1.11 bits per heavy atom. The standard InChI is InChI=1S/C15H11NOS2/c17-13(9-11-3-6-16-7-4-11)15-2-1-14(19-15)12-5-8-18-10-12/h1-8,10H,9H2. The highest BCUT2D eigenvalue weighted by molar-refractivity contribution is 7.17. The molecule has 19 heavy (non-hydrogen) atoms. The molecule has 0 atom stereocenters. The van der Waals surface area contributed by atoms with Gasteiger partial charge < -0.3 is 0 Å². The van der Waals surface area contributed by atoms with Crippen LogP contribution in [0.1, 0.15) is 15.2 Å². The van der Waals surface area contributed by atoms with Gasteiger partial charge in [0.2, 0.25) is 0 Å². The summed E-state index contributed by atoms with van der Waals surface area (Å²) in [5.41, 5.74) is 2.20. The van der Waals surface area contributed by atoms with E-state index < -0.39 is 0 Å². The van der Waals surface area contributed by atoms with Crippen molar-refractivity contribution >= 4 is 28.5 Å². The molecule has 3 aromatic rings. The number of nitrogens with zero attached hydrogens (tertiary/aromatic N) is 1. The van der Waals surface area contributed by atoms with E-state index in [2.05, 4.69) is 16.4 Å². The Bertz CT molecular complexity index is 671. The van der Waals surface area contributed by atoms with Gasteiger partial charge in [0.1, 0.15) is 0 Å². The van der Waals surface area contributed by atoms with Crippen molar-refractivity contribution in [2.45, 2.75) is 6.42 Å². The summed E-state index contributed by atoms with van der Waals surface area (Å²) in [6, 6.07) is 9.78. The topological polar surface area (TPSA) is 30.0 Å². The average Bonchev–Trinajstić information content (AvgIpc) is 3.11. The van der Waals surface area contributed by atoms with E-state index in [1.165, 1.54) is 5.56 Å². The second-order valence-electron chi connectivity index (χ2n) is 4.13. The molecule has 0 saturated carbocycles. The number of carbonyl (C=O) groups excluding carboxylic acids is 1. The maximum absolute atomic E-state index is 12.2. The molecule has 3 heterocycles. The number of hydrogen-bond donors (Lipinski definition) is 0.